The Balaban J connectivity index is 2.23. The average Bonchev–Trinajstić information content (AvgIpc) is 2.91. The van der Waals surface area contributed by atoms with Crippen molar-refractivity contribution in [1.82, 2.24) is 4.90 Å². The molecule has 0 aliphatic carbocycles. The van der Waals surface area contributed by atoms with Crippen LogP contribution in [-0.4, -0.2) is 18.0 Å². The van der Waals surface area contributed by atoms with Crippen molar-refractivity contribution in [1.29, 1.82) is 0 Å². The van der Waals surface area contributed by atoms with Crippen molar-refractivity contribution in [2.24, 2.45) is 5.73 Å². The minimum absolute atomic E-state index is 0.0409. The number of nitrogens with two attached hydrogens (primary N) is 1. The highest BCUT2D eigenvalue weighted by Crippen LogP contribution is 2.26. The molecule has 2 rings (SSSR count). The van der Waals surface area contributed by atoms with Crippen LogP contribution in [0.3, 0.4) is 0 Å². The van der Waals surface area contributed by atoms with Crippen molar-refractivity contribution in [3.63, 3.8) is 0 Å². The number of nitrogens with zero attached hydrogens (tertiary/aromatic N) is 1. The van der Waals surface area contributed by atoms with E-state index < -0.39 is 0 Å². The summed E-state index contributed by atoms with van der Waals surface area (Å²) in [6, 6.07) is 10.3. The summed E-state index contributed by atoms with van der Waals surface area (Å²) in [5.41, 5.74) is 7.13. The molecule has 3 nitrogen and oxygen atoms in total. The quantitative estimate of drug-likeness (QED) is 0.880. The van der Waals surface area contributed by atoms with Gasteiger partial charge in [0.05, 0.1) is 18.8 Å². The highest BCUT2D eigenvalue weighted by Gasteiger charge is 2.24. The third kappa shape index (κ3) is 3.46. The molecule has 0 aliphatic rings. The molecule has 108 valence electrons. The van der Waals surface area contributed by atoms with Crippen LogP contribution >= 0.6 is 0 Å². The summed E-state index contributed by atoms with van der Waals surface area (Å²) in [6.07, 6.45) is 2.48. The van der Waals surface area contributed by atoms with Gasteiger partial charge in [0.25, 0.3) is 0 Å². The molecule has 2 unspecified atom stereocenters. The van der Waals surface area contributed by atoms with Crippen LogP contribution in [0.5, 0.6) is 0 Å². The summed E-state index contributed by atoms with van der Waals surface area (Å²) in [6.45, 7) is 2.68. The number of benzene rings is 1. The fraction of sp³-hybridized carbons (Fsp3) is 0.375. The summed E-state index contributed by atoms with van der Waals surface area (Å²) in [5.74, 6) is 0.638. The molecular weight excluding hydrogens is 255 g/mol. The van der Waals surface area contributed by atoms with Crippen LogP contribution in [0.4, 0.5) is 4.39 Å². The normalized spacial score (nSPS) is 14.4. The minimum Gasteiger partial charge on any atom is -0.468 e. The van der Waals surface area contributed by atoms with Crippen LogP contribution in [-0.2, 0) is 6.54 Å². The van der Waals surface area contributed by atoms with Gasteiger partial charge in [-0.3, -0.25) is 4.90 Å². The predicted octanol–water partition coefficient (Wildman–Crippen LogP) is 3.33. The van der Waals surface area contributed by atoms with Crippen molar-refractivity contribution in [2.45, 2.75) is 32.0 Å². The number of hydrogen-bond donors (Lipinski definition) is 1. The predicted molar refractivity (Wildman–Crippen MR) is 77.6 cm³/mol. The Kier molecular flexibility index (Phi) is 4.93. The first kappa shape index (κ1) is 14.8. The Morgan fingerprint density at radius 1 is 1.30 bits per heavy atom. The van der Waals surface area contributed by atoms with E-state index in [0.717, 1.165) is 17.7 Å². The van der Waals surface area contributed by atoms with Gasteiger partial charge in [-0.1, -0.05) is 19.1 Å². The molecule has 1 aromatic heterocycles. The van der Waals surface area contributed by atoms with E-state index >= 15 is 0 Å². The summed E-state index contributed by atoms with van der Waals surface area (Å²) in [7, 11) is 1.98. The van der Waals surface area contributed by atoms with Gasteiger partial charge in [0.15, 0.2) is 0 Å². The number of hydrogen-bond acceptors (Lipinski definition) is 3. The van der Waals surface area contributed by atoms with Crippen molar-refractivity contribution in [3.8, 4) is 0 Å². The molecule has 0 saturated carbocycles. The SMILES string of the molecule is CCC(N)C(c1cccc(F)c1)N(C)Cc1ccco1. The van der Waals surface area contributed by atoms with Gasteiger partial charge < -0.3 is 10.2 Å². The first-order valence-electron chi connectivity index (χ1n) is 6.85. The van der Waals surface area contributed by atoms with Gasteiger partial charge in [-0.25, -0.2) is 4.39 Å². The molecule has 2 N–H and O–H groups in total. The van der Waals surface area contributed by atoms with E-state index in [0.29, 0.717) is 6.54 Å². The van der Waals surface area contributed by atoms with E-state index in [1.54, 1.807) is 18.4 Å². The first-order chi connectivity index (χ1) is 9.61. The van der Waals surface area contributed by atoms with Crippen LogP contribution in [0, 0.1) is 5.82 Å². The lowest BCUT2D eigenvalue weighted by atomic mass is 9.96. The summed E-state index contributed by atoms with van der Waals surface area (Å²) in [4.78, 5) is 2.10. The maximum absolute atomic E-state index is 13.5. The molecule has 0 bridgehead atoms. The molecule has 20 heavy (non-hydrogen) atoms. The van der Waals surface area contributed by atoms with E-state index in [4.69, 9.17) is 10.2 Å². The van der Waals surface area contributed by atoms with Gasteiger partial charge in [0.1, 0.15) is 11.6 Å². The summed E-state index contributed by atoms with van der Waals surface area (Å²) in [5, 5.41) is 0. The van der Waals surface area contributed by atoms with Crippen molar-refractivity contribution in [2.75, 3.05) is 7.05 Å². The van der Waals surface area contributed by atoms with Gasteiger partial charge in [0, 0.05) is 6.04 Å². The highest BCUT2D eigenvalue weighted by atomic mass is 19.1. The van der Waals surface area contributed by atoms with Crippen LogP contribution in [0.1, 0.15) is 30.7 Å². The zero-order valence-electron chi connectivity index (χ0n) is 11.9. The molecule has 2 atom stereocenters. The zero-order valence-corrected chi connectivity index (χ0v) is 11.9. The number of halogens is 1. The molecule has 1 aromatic carbocycles. The van der Waals surface area contributed by atoms with E-state index in [1.165, 1.54) is 6.07 Å². The van der Waals surface area contributed by atoms with Crippen molar-refractivity contribution < 1.29 is 8.81 Å². The standard InChI is InChI=1S/C16H21FN2O/c1-3-15(18)16(12-6-4-7-13(17)10-12)19(2)11-14-8-5-9-20-14/h4-10,15-16H,3,11,18H2,1-2H3. The number of furan rings is 1. The van der Waals surface area contributed by atoms with Crippen LogP contribution < -0.4 is 5.73 Å². The van der Waals surface area contributed by atoms with E-state index in [9.17, 15) is 4.39 Å². The fourth-order valence-corrected chi connectivity index (χ4v) is 2.49. The van der Waals surface area contributed by atoms with Gasteiger partial charge >= 0.3 is 0 Å². The lowest BCUT2D eigenvalue weighted by Crippen LogP contribution is -2.38. The highest BCUT2D eigenvalue weighted by molar-refractivity contribution is 5.22. The molecule has 0 fully saturated rings. The molecule has 2 aromatic rings. The van der Waals surface area contributed by atoms with Gasteiger partial charge in [-0.15, -0.1) is 0 Å². The van der Waals surface area contributed by atoms with Crippen molar-refractivity contribution >= 4 is 0 Å². The zero-order chi connectivity index (χ0) is 14.5. The second kappa shape index (κ2) is 6.68. The first-order valence-corrected chi connectivity index (χ1v) is 6.85. The maximum Gasteiger partial charge on any atom is 0.123 e. The second-order valence-electron chi connectivity index (χ2n) is 5.07. The Morgan fingerprint density at radius 2 is 2.10 bits per heavy atom. The Bertz CT molecular complexity index is 527. The molecule has 1 heterocycles. The Labute approximate surface area is 119 Å². The molecule has 0 saturated heterocycles. The Hall–Kier alpha value is -1.65. The monoisotopic (exact) mass is 276 g/mol. The molecule has 0 amide bonds. The minimum atomic E-state index is -0.234. The van der Waals surface area contributed by atoms with Crippen LogP contribution in [0.2, 0.25) is 0 Å². The summed E-state index contributed by atoms with van der Waals surface area (Å²) < 4.78 is 18.8. The van der Waals surface area contributed by atoms with E-state index in [-0.39, 0.29) is 17.9 Å². The van der Waals surface area contributed by atoms with Crippen LogP contribution in [0.15, 0.2) is 47.1 Å². The van der Waals surface area contributed by atoms with Crippen molar-refractivity contribution in [3.05, 3.63) is 59.8 Å². The molecule has 0 spiro atoms. The van der Waals surface area contributed by atoms with E-state index in [1.807, 2.05) is 32.2 Å². The maximum atomic E-state index is 13.5. The Morgan fingerprint density at radius 3 is 2.70 bits per heavy atom. The number of likely N-dealkylation sites (N-methyl/N-ethyl adjacent to an activating group) is 1. The fourth-order valence-electron chi connectivity index (χ4n) is 2.49. The lowest BCUT2D eigenvalue weighted by Gasteiger charge is -2.32. The molecular formula is C16H21FN2O. The molecule has 0 aliphatic heterocycles. The van der Waals surface area contributed by atoms with Crippen LogP contribution in [0.25, 0.3) is 0 Å². The number of rotatable bonds is 6. The molecule has 4 heteroatoms. The van der Waals surface area contributed by atoms with E-state index in [2.05, 4.69) is 4.90 Å². The largest absolute Gasteiger partial charge is 0.468 e. The molecule has 0 radical (unpaired) electrons. The lowest BCUT2D eigenvalue weighted by molar-refractivity contribution is 0.187. The third-order valence-corrected chi connectivity index (χ3v) is 3.53. The average molecular weight is 276 g/mol. The van der Waals surface area contributed by atoms with Gasteiger partial charge in [-0.2, -0.15) is 0 Å². The second-order valence-corrected chi connectivity index (χ2v) is 5.07. The topological polar surface area (TPSA) is 42.4 Å². The summed E-state index contributed by atoms with van der Waals surface area (Å²) >= 11 is 0. The van der Waals surface area contributed by atoms with Gasteiger partial charge in [-0.05, 0) is 43.3 Å². The third-order valence-electron chi connectivity index (χ3n) is 3.53. The van der Waals surface area contributed by atoms with Gasteiger partial charge in [0.2, 0.25) is 0 Å². The smallest absolute Gasteiger partial charge is 0.123 e.